The van der Waals surface area contributed by atoms with Crippen LogP contribution in [0.3, 0.4) is 0 Å². The number of hydrogen-bond acceptors (Lipinski definition) is 9. The lowest BCUT2D eigenvalue weighted by Gasteiger charge is -2.27. The van der Waals surface area contributed by atoms with Crippen molar-refractivity contribution in [3.63, 3.8) is 0 Å². The molecular weight excluding hydrogens is 469 g/mol. The number of carboxylic acid groups (broad SMARTS) is 1. The van der Waals surface area contributed by atoms with Gasteiger partial charge in [0.15, 0.2) is 11.6 Å². The van der Waals surface area contributed by atoms with Gasteiger partial charge in [-0.15, -0.1) is 0 Å². The second-order valence-corrected chi connectivity index (χ2v) is 8.88. The largest absolute Gasteiger partial charge is 0.487 e. The van der Waals surface area contributed by atoms with Gasteiger partial charge in [0, 0.05) is 19.3 Å². The number of anilines is 1. The molecule has 1 aliphatic rings. The van der Waals surface area contributed by atoms with Crippen molar-refractivity contribution in [2.24, 2.45) is 13.0 Å². The monoisotopic (exact) mass is 499 g/mol. The summed E-state index contributed by atoms with van der Waals surface area (Å²) in [5, 5.41) is 16.8. The van der Waals surface area contributed by atoms with E-state index in [4.69, 9.17) is 9.47 Å². The molecule has 1 fully saturated rings. The van der Waals surface area contributed by atoms with E-state index in [2.05, 4.69) is 30.4 Å². The number of carbonyl (C=O) groups is 1. The predicted octanol–water partition coefficient (Wildman–Crippen LogP) is 3.35. The summed E-state index contributed by atoms with van der Waals surface area (Å²) in [6.45, 7) is 3.51. The third-order valence-corrected chi connectivity index (χ3v) is 6.01. The molecule has 12 heteroatoms. The summed E-state index contributed by atoms with van der Waals surface area (Å²) >= 11 is 0. The third-order valence-electron chi connectivity index (χ3n) is 6.01. The van der Waals surface area contributed by atoms with Crippen LogP contribution < -0.4 is 14.8 Å². The number of carboxylic acids is 1. The van der Waals surface area contributed by atoms with E-state index in [1.165, 1.54) is 13.1 Å². The molecule has 3 aromatic heterocycles. The molecule has 3 aromatic rings. The maximum absolute atomic E-state index is 13.1. The first-order chi connectivity index (χ1) is 17.3. The second-order valence-electron chi connectivity index (χ2n) is 8.88. The van der Waals surface area contributed by atoms with E-state index >= 15 is 0 Å². The van der Waals surface area contributed by atoms with Crippen molar-refractivity contribution in [3.8, 4) is 23.0 Å². The smallest absolute Gasteiger partial charge is 0.306 e. The Balaban J connectivity index is 1.44. The van der Waals surface area contributed by atoms with Crippen molar-refractivity contribution in [1.29, 1.82) is 0 Å². The van der Waals surface area contributed by atoms with E-state index in [1.54, 1.807) is 23.1 Å². The van der Waals surface area contributed by atoms with Crippen LogP contribution in [0.2, 0.25) is 0 Å². The first-order valence-corrected chi connectivity index (χ1v) is 11.9. The molecule has 0 spiro atoms. The molecule has 0 bridgehead atoms. The molecule has 36 heavy (non-hydrogen) atoms. The number of rotatable bonds is 10. The van der Waals surface area contributed by atoms with Crippen molar-refractivity contribution >= 4 is 11.9 Å². The standard InChI is InChI=1S/C24H30FN7O4/c1-14(25)13-35-21-7-8-26-24(31-21)28-11-19-18(10-29-32(19)3)22-27-12-20(15(2)30-22)36-17-6-4-5-16(9-17)23(33)34/h7-8,10,12,14,16-17H,4-6,9,11,13H2,1-3H3,(H,33,34)(H,26,28,31)/t14?,16-,17-/m0/s1. The highest BCUT2D eigenvalue weighted by Crippen LogP contribution is 2.30. The molecule has 2 N–H and O–H groups in total. The number of alkyl halides is 1. The average Bonchev–Trinajstić information content (AvgIpc) is 3.23. The Morgan fingerprint density at radius 1 is 1.31 bits per heavy atom. The van der Waals surface area contributed by atoms with E-state index in [1.807, 2.05) is 14.0 Å². The van der Waals surface area contributed by atoms with Crippen LogP contribution in [0, 0.1) is 12.8 Å². The number of nitrogens with one attached hydrogen (secondary N) is 1. The SMILES string of the molecule is Cc1nc(-c2cnn(C)c2CNc2nccc(OCC(C)F)n2)ncc1O[C@H]1CCC[C@H](C(=O)O)C1. The first kappa shape index (κ1) is 25.3. The zero-order valence-electron chi connectivity index (χ0n) is 20.5. The van der Waals surface area contributed by atoms with Crippen LogP contribution in [0.15, 0.2) is 24.7 Å². The Labute approximate surface area is 208 Å². The van der Waals surface area contributed by atoms with Crippen LogP contribution in [-0.2, 0) is 18.4 Å². The van der Waals surface area contributed by atoms with Crippen LogP contribution in [-0.4, -0.2) is 59.7 Å². The van der Waals surface area contributed by atoms with Crippen molar-refractivity contribution in [2.75, 3.05) is 11.9 Å². The zero-order valence-corrected chi connectivity index (χ0v) is 20.5. The summed E-state index contributed by atoms with van der Waals surface area (Å²) < 4.78 is 26.1. The topological polar surface area (TPSA) is 137 Å². The Kier molecular flexibility index (Phi) is 7.91. The molecule has 3 atom stereocenters. The molecule has 0 amide bonds. The summed E-state index contributed by atoms with van der Waals surface area (Å²) in [6, 6.07) is 1.57. The van der Waals surface area contributed by atoms with Crippen molar-refractivity contribution in [3.05, 3.63) is 36.0 Å². The number of hydrogen-bond donors (Lipinski definition) is 2. The quantitative estimate of drug-likeness (QED) is 0.427. The van der Waals surface area contributed by atoms with Gasteiger partial charge < -0.3 is 19.9 Å². The van der Waals surface area contributed by atoms with Gasteiger partial charge in [0.05, 0.1) is 47.9 Å². The number of aromatic nitrogens is 6. The summed E-state index contributed by atoms with van der Waals surface area (Å²) in [5.41, 5.74) is 2.21. The number of aliphatic carboxylic acids is 1. The summed E-state index contributed by atoms with van der Waals surface area (Å²) in [6.07, 6.45) is 6.38. The maximum Gasteiger partial charge on any atom is 0.306 e. The van der Waals surface area contributed by atoms with Gasteiger partial charge in [-0.25, -0.2) is 19.3 Å². The third kappa shape index (κ3) is 6.23. The van der Waals surface area contributed by atoms with E-state index < -0.39 is 12.1 Å². The van der Waals surface area contributed by atoms with Gasteiger partial charge in [0.1, 0.15) is 12.8 Å². The molecule has 1 aliphatic carbocycles. The van der Waals surface area contributed by atoms with Gasteiger partial charge in [-0.1, -0.05) is 0 Å². The molecule has 192 valence electrons. The molecule has 0 aliphatic heterocycles. The van der Waals surface area contributed by atoms with Gasteiger partial charge in [-0.2, -0.15) is 10.1 Å². The van der Waals surface area contributed by atoms with Crippen molar-refractivity contribution in [2.45, 2.75) is 58.4 Å². The Morgan fingerprint density at radius 2 is 2.14 bits per heavy atom. The first-order valence-electron chi connectivity index (χ1n) is 11.9. The molecular formula is C24H30FN7O4. The normalized spacial score (nSPS) is 18.4. The van der Waals surface area contributed by atoms with Gasteiger partial charge in [0.25, 0.3) is 0 Å². The van der Waals surface area contributed by atoms with E-state index in [-0.39, 0.29) is 24.5 Å². The number of halogens is 1. The van der Waals surface area contributed by atoms with Gasteiger partial charge >= 0.3 is 5.97 Å². The predicted molar refractivity (Wildman–Crippen MR) is 128 cm³/mol. The fraction of sp³-hybridized carbons (Fsp3) is 0.500. The number of ether oxygens (including phenoxy) is 2. The lowest BCUT2D eigenvalue weighted by atomic mass is 9.87. The average molecular weight is 500 g/mol. The fourth-order valence-electron chi connectivity index (χ4n) is 4.09. The molecule has 1 unspecified atom stereocenters. The Hall–Kier alpha value is -3.83. The summed E-state index contributed by atoms with van der Waals surface area (Å²) in [5.74, 6) is 0.503. The molecule has 0 saturated heterocycles. The molecule has 3 heterocycles. The minimum atomic E-state index is -1.10. The highest BCUT2D eigenvalue weighted by Gasteiger charge is 2.28. The number of aryl methyl sites for hydroxylation is 2. The van der Waals surface area contributed by atoms with E-state index in [9.17, 15) is 14.3 Å². The second kappa shape index (κ2) is 11.3. The lowest BCUT2D eigenvalue weighted by Crippen LogP contribution is -2.29. The van der Waals surface area contributed by atoms with Crippen molar-refractivity contribution < 1.29 is 23.8 Å². The van der Waals surface area contributed by atoms with E-state index in [0.29, 0.717) is 42.6 Å². The highest BCUT2D eigenvalue weighted by atomic mass is 19.1. The van der Waals surface area contributed by atoms with Crippen molar-refractivity contribution in [1.82, 2.24) is 29.7 Å². The van der Waals surface area contributed by atoms with Crippen LogP contribution >= 0.6 is 0 Å². The molecule has 0 aromatic carbocycles. The van der Waals surface area contributed by atoms with Gasteiger partial charge in [0.2, 0.25) is 11.8 Å². The summed E-state index contributed by atoms with van der Waals surface area (Å²) in [4.78, 5) is 28.9. The van der Waals surface area contributed by atoms with E-state index in [0.717, 1.165) is 24.1 Å². The Morgan fingerprint density at radius 3 is 2.89 bits per heavy atom. The van der Waals surface area contributed by atoms with Crippen LogP contribution in [0.4, 0.5) is 10.3 Å². The van der Waals surface area contributed by atoms with Gasteiger partial charge in [-0.3, -0.25) is 9.48 Å². The zero-order chi connectivity index (χ0) is 25.7. The van der Waals surface area contributed by atoms with Crippen LogP contribution in [0.5, 0.6) is 11.6 Å². The maximum atomic E-state index is 13.1. The molecule has 1 saturated carbocycles. The molecule has 0 radical (unpaired) electrons. The minimum absolute atomic E-state index is 0.0837. The Bertz CT molecular complexity index is 1200. The highest BCUT2D eigenvalue weighted by molar-refractivity contribution is 5.70. The number of nitrogens with zero attached hydrogens (tertiary/aromatic N) is 6. The fourth-order valence-corrected chi connectivity index (χ4v) is 4.09. The molecule has 4 rings (SSSR count). The van der Waals surface area contributed by atoms with Gasteiger partial charge in [-0.05, 0) is 39.5 Å². The lowest BCUT2D eigenvalue weighted by molar-refractivity contribution is -0.143. The minimum Gasteiger partial charge on any atom is -0.487 e. The summed E-state index contributed by atoms with van der Waals surface area (Å²) in [7, 11) is 1.82. The molecule has 11 nitrogen and oxygen atoms in total. The van der Waals surface area contributed by atoms with Crippen LogP contribution in [0.25, 0.3) is 11.4 Å². The van der Waals surface area contributed by atoms with Crippen LogP contribution in [0.1, 0.15) is 44.0 Å².